The molecule has 0 fully saturated rings. The summed E-state index contributed by atoms with van der Waals surface area (Å²) in [5.41, 5.74) is 12.5. The number of aliphatic carboxylic acids is 1. The first-order valence-electron chi connectivity index (χ1n) is 16.7. The number of carbonyl (C=O) groups is 4. The van der Waals surface area contributed by atoms with Crippen LogP contribution in [0.3, 0.4) is 0 Å². The first-order chi connectivity index (χ1) is 23.3. The summed E-state index contributed by atoms with van der Waals surface area (Å²) in [4.78, 5) is 57.8. The van der Waals surface area contributed by atoms with Crippen LogP contribution in [0.15, 0.2) is 97.1 Å². The smallest absolute Gasteiger partial charge is 0.304 e. The minimum absolute atomic E-state index is 0.0954. The van der Waals surface area contributed by atoms with Crippen LogP contribution in [0.5, 0.6) is 0 Å². The van der Waals surface area contributed by atoms with E-state index >= 15 is 0 Å². The molecule has 4 aromatic rings. The van der Waals surface area contributed by atoms with E-state index in [1.165, 1.54) is 0 Å². The lowest BCUT2D eigenvalue weighted by atomic mass is 9.86. The van der Waals surface area contributed by atoms with Crippen LogP contribution in [0.1, 0.15) is 73.4 Å². The third-order valence-corrected chi connectivity index (χ3v) is 9.61. The molecular weight excluding hydrogens is 602 g/mol. The molecule has 0 radical (unpaired) electrons. The number of amides is 2. The molecule has 6 rings (SSSR count). The molecule has 2 aliphatic rings. The lowest BCUT2D eigenvalue weighted by Crippen LogP contribution is -2.46. The Morgan fingerprint density at radius 3 is 2.19 bits per heavy atom. The van der Waals surface area contributed by atoms with E-state index < -0.39 is 17.9 Å². The summed E-state index contributed by atoms with van der Waals surface area (Å²) >= 11 is 0. The second kappa shape index (κ2) is 14.8. The zero-order chi connectivity index (χ0) is 33.6. The van der Waals surface area contributed by atoms with Gasteiger partial charge in [0.2, 0.25) is 5.91 Å². The number of aryl methyl sites for hydroxylation is 1. The molecule has 0 spiro atoms. The second-order valence-electron chi connectivity index (χ2n) is 12.9. The Labute approximate surface area is 281 Å². The highest BCUT2D eigenvalue weighted by molar-refractivity contribution is 6.05. The minimum Gasteiger partial charge on any atom is -0.481 e. The summed E-state index contributed by atoms with van der Waals surface area (Å²) < 4.78 is 0. The normalized spacial score (nSPS) is 17.9. The average molecular weight is 644 g/mol. The Balaban J connectivity index is 1.37. The Hall–Kier alpha value is -5.08. The molecule has 2 atom stereocenters. The molecule has 0 bridgehead atoms. The number of carboxylic acid groups (broad SMARTS) is 1. The van der Waals surface area contributed by atoms with E-state index in [9.17, 15) is 24.3 Å². The molecule has 2 aliphatic heterocycles. The third kappa shape index (κ3) is 7.39. The zero-order valence-electron chi connectivity index (χ0n) is 27.0. The van der Waals surface area contributed by atoms with Gasteiger partial charge >= 0.3 is 5.97 Å². The van der Waals surface area contributed by atoms with E-state index in [-0.39, 0.29) is 37.0 Å². The van der Waals surface area contributed by atoms with Crippen molar-refractivity contribution in [3.8, 4) is 0 Å². The molecular formula is C40H41N3O5. The van der Waals surface area contributed by atoms with Gasteiger partial charge in [0.25, 0.3) is 5.91 Å². The Kier molecular flexibility index (Phi) is 10.1. The maximum absolute atomic E-state index is 14.7. The standard InChI is InChI=1S/C40H41N3O5/c41-24-28-14-16-29(17-15-28)25-43-36(38(46)30-10-5-2-6-11-30)13-7-12-31-20-34-26-42(19-18-27-8-3-1-4-9-27)39(47)33(23-37(44)45)21-32(34)22-35(31)40(43)48/h1-6,8-11,14-17,20,22,33,36H,7,12-13,18-19,21,23-26,41H2,(H,44,45). The minimum atomic E-state index is -1.03. The molecule has 8 nitrogen and oxygen atoms in total. The molecule has 0 saturated heterocycles. The molecule has 48 heavy (non-hydrogen) atoms. The predicted molar refractivity (Wildman–Crippen MR) is 183 cm³/mol. The SMILES string of the molecule is NCc1ccc(CN2C(=O)c3cc4c(cc3CCCC2C(=O)c2ccccc2)CN(CCc2ccccc2)C(=O)C(CC(=O)O)C4)cc1. The highest BCUT2D eigenvalue weighted by atomic mass is 16.4. The van der Waals surface area contributed by atoms with Gasteiger partial charge in [0.1, 0.15) is 0 Å². The first kappa shape index (κ1) is 32.8. The van der Waals surface area contributed by atoms with Gasteiger partial charge in [-0.1, -0.05) is 91.0 Å². The van der Waals surface area contributed by atoms with Gasteiger partial charge in [-0.25, -0.2) is 0 Å². The molecule has 0 aliphatic carbocycles. The number of carbonyl (C=O) groups excluding carboxylic acids is 3. The molecule has 0 aromatic heterocycles. The second-order valence-corrected chi connectivity index (χ2v) is 12.9. The van der Waals surface area contributed by atoms with Crippen LogP contribution in [-0.4, -0.2) is 51.1 Å². The van der Waals surface area contributed by atoms with E-state index in [1.807, 2.05) is 84.9 Å². The van der Waals surface area contributed by atoms with Gasteiger partial charge in [-0.3, -0.25) is 19.2 Å². The van der Waals surface area contributed by atoms with Crippen LogP contribution < -0.4 is 5.73 Å². The van der Waals surface area contributed by atoms with Crippen LogP contribution in [0.4, 0.5) is 0 Å². The molecule has 8 heteroatoms. The van der Waals surface area contributed by atoms with Gasteiger partial charge in [-0.05, 0) is 71.6 Å². The fourth-order valence-corrected chi connectivity index (χ4v) is 7.01. The van der Waals surface area contributed by atoms with E-state index in [4.69, 9.17) is 5.73 Å². The number of Topliss-reactive ketones (excluding diaryl/α,β-unsaturated/α-hetero) is 1. The Morgan fingerprint density at radius 2 is 1.50 bits per heavy atom. The van der Waals surface area contributed by atoms with Crippen LogP contribution in [0.25, 0.3) is 0 Å². The fraction of sp³-hybridized carbons (Fsp3) is 0.300. The summed E-state index contributed by atoms with van der Waals surface area (Å²) in [5, 5.41) is 9.73. The summed E-state index contributed by atoms with van der Waals surface area (Å²) in [6, 6.07) is 30.1. The van der Waals surface area contributed by atoms with Crippen molar-refractivity contribution in [2.45, 2.75) is 64.2 Å². The number of benzene rings is 4. The van der Waals surface area contributed by atoms with Crippen molar-refractivity contribution < 1.29 is 24.3 Å². The first-order valence-corrected chi connectivity index (χ1v) is 16.7. The van der Waals surface area contributed by atoms with Gasteiger partial charge in [0.15, 0.2) is 5.78 Å². The Morgan fingerprint density at radius 1 is 0.812 bits per heavy atom. The number of ketones is 1. The van der Waals surface area contributed by atoms with Gasteiger partial charge in [-0.2, -0.15) is 0 Å². The number of fused-ring (bicyclic) bond motifs is 2. The number of rotatable bonds is 10. The van der Waals surface area contributed by atoms with Crippen LogP contribution in [0, 0.1) is 5.92 Å². The van der Waals surface area contributed by atoms with Crippen molar-refractivity contribution in [3.63, 3.8) is 0 Å². The lowest BCUT2D eigenvalue weighted by molar-refractivity contribution is -0.144. The summed E-state index contributed by atoms with van der Waals surface area (Å²) in [7, 11) is 0. The monoisotopic (exact) mass is 643 g/mol. The zero-order valence-corrected chi connectivity index (χ0v) is 27.0. The highest BCUT2D eigenvalue weighted by Crippen LogP contribution is 2.32. The Bertz CT molecular complexity index is 1790. The van der Waals surface area contributed by atoms with Crippen molar-refractivity contribution in [1.29, 1.82) is 0 Å². The van der Waals surface area contributed by atoms with Crippen molar-refractivity contribution in [3.05, 3.63) is 142 Å². The maximum Gasteiger partial charge on any atom is 0.304 e. The lowest BCUT2D eigenvalue weighted by Gasteiger charge is -2.34. The molecule has 0 saturated carbocycles. The summed E-state index contributed by atoms with van der Waals surface area (Å²) in [6.07, 6.45) is 2.42. The highest BCUT2D eigenvalue weighted by Gasteiger charge is 2.36. The van der Waals surface area contributed by atoms with Crippen molar-refractivity contribution in [2.24, 2.45) is 11.7 Å². The number of hydrogen-bond donors (Lipinski definition) is 2. The average Bonchev–Trinajstić information content (AvgIpc) is 3.23. The molecule has 2 amide bonds. The summed E-state index contributed by atoms with van der Waals surface area (Å²) in [5.74, 6) is -2.29. The molecule has 2 unspecified atom stereocenters. The third-order valence-electron chi connectivity index (χ3n) is 9.61. The van der Waals surface area contributed by atoms with Gasteiger partial charge in [0.05, 0.1) is 18.4 Å². The van der Waals surface area contributed by atoms with E-state index in [1.54, 1.807) is 21.9 Å². The van der Waals surface area contributed by atoms with Crippen molar-refractivity contribution in [2.75, 3.05) is 6.54 Å². The number of nitrogens with zero attached hydrogens (tertiary/aromatic N) is 2. The molecule has 2 heterocycles. The molecule has 3 N–H and O–H groups in total. The largest absolute Gasteiger partial charge is 0.481 e. The molecule has 4 aromatic carbocycles. The topological polar surface area (TPSA) is 121 Å². The van der Waals surface area contributed by atoms with Gasteiger partial charge in [-0.15, -0.1) is 0 Å². The van der Waals surface area contributed by atoms with Gasteiger partial charge in [0, 0.05) is 37.3 Å². The van der Waals surface area contributed by atoms with E-state index in [2.05, 4.69) is 0 Å². The maximum atomic E-state index is 14.7. The van der Waals surface area contributed by atoms with Crippen molar-refractivity contribution in [1.82, 2.24) is 9.80 Å². The van der Waals surface area contributed by atoms with Crippen LogP contribution >= 0.6 is 0 Å². The van der Waals surface area contributed by atoms with Gasteiger partial charge < -0.3 is 20.6 Å². The quantitative estimate of drug-likeness (QED) is 0.217. The van der Waals surface area contributed by atoms with Crippen molar-refractivity contribution >= 4 is 23.6 Å². The van der Waals surface area contributed by atoms with E-state index in [0.29, 0.717) is 56.4 Å². The number of hydrogen-bond acceptors (Lipinski definition) is 5. The van der Waals surface area contributed by atoms with E-state index in [0.717, 1.165) is 33.4 Å². The van der Waals surface area contributed by atoms with Crippen LogP contribution in [0.2, 0.25) is 0 Å². The predicted octanol–water partition coefficient (Wildman–Crippen LogP) is 5.59. The van der Waals surface area contributed by atoms with Crippen LogP contribution in [-0.2, 0) is 48.5 Å². The fourth-order valence-electron chi connectivity index (χ4n) is 7.01. The number of carboxylic acids is 1. The number of nitrogens with two attached hydrogens (primary N) is 1. The summed E-state index contributed by atoms with van der Waals surface area (Å²) in [6.45, 7) is 1.47. The molecule has 246 valence electrons.